The molecule has 206 valence electrons. The van der Waals surface area contributed by atoms with Crippen molar-refractivity contribution >= 4 is 35.1 Å². The van der Waals surface area contributed by atoms with Crippen molar-refractivity contribution in [1.82, 2.24) is 24.8 Å². The zero-order valence-electron chi connectivity index (χ0n) is 22.3. The number of rotatable bonds is 12. The van der Waals surface area contributed by atoms with Gasteiger partial charge in [0, 0.05) is 18.9 Å². The minimum absolute atomic E-state index is 0.0107. The third-order valence-electron chi connectivity index (χ3n) is 5.25. The van der Waals surface area contributed by atoms with Crippen LogP contribution in [0.4, 0.5) is 10.7 Å². The number of alkyl carbamates (subject to hydrolysis) is 1. The van der Waals surface area contributed by atoms with E-state index < -0.39 is 29.3 Å². The Morgan fingerprint density at radius 3 is 2.54 bits per heavy atom. The summed E-state index contributed by atoms with van der Waals surface area (Å²) in [6.45, 7) is 11.0. The molecule has 13 nitrogen and oxygen atoms in total. The molecule has 2 rings (SSSR count). The number of nitrogen functional groups attached to an aromatic ring is 1. The number of imidazole rings is 1. The van der Waals surface area contributed by atoms with E-state index in [1.165, 1.54) is 6.33 Å². The van der Waals surface area contributed by atoms with Crippen molar-refractivity contribution in [2.75, 3.05) is 18.9 Å². The fourth-order valence-electron chi connectivity index (χ4n) is 3.45. The first-order chi connectivity index (χ1) is 17.3. The summed E-state index contributed by atoms with van der Waals surface area (Å²) in [6, 6.07) is -0.896. The zero-order chi connectivity index (χ0) is 27.8. The molecule has 0 fully saturated rings. The first-order valence-electron chi connectivity index (χ1n) is 12.3. The van der Waals surface area contributed by atoms with Crippen LogP contribution in [0.5, 0.6) is 0 Å². The first-order valence-corrected chi connectivity index (χ1v) is 12.3. The van der Waals surface area contributed by atoms with Gasteiger partial charge >= 0.3 is 18.0 Å². The number of ether oxygens (including phenoxy) is 3. The monoisotopic (exact) mass is 522 g/mol. The van der Waals surface area contributed by atoms with Crippen LogP contribution in [-0.4, -0.2) is 62.4 Å². The number of hydrogen-bond acceptors (Lipinski definition) is 10. The Balaban J connectivity index is 2.07. The number of carbonyl (C=O) groups is 3. The third kappa shape index (κ3) is 9.39. The molecule has 2 heterocycles. The van der Waals surface area contributed by atoms with Gasteiger partial charge in [-0.1, -0.05) is 20.8 Å². The molecular formula is C24H38N6O7. The van der Waals surface area contributed by atoms with Gasteiger partial charge in [-0.25, -0.2) is 14.6 Å². The van der Waals surface area contributed by atoms with E-state index >= 15 is 0 Å². The molecule has 0 bridgehead atoms. The quantitative estimate of drug-likeness (QED) is 0.276. The molecule has 0 spiro atoms. The highest BCUT2D eigenvalue weighted by molar-refractivity contribution is 5.81. The fourth-order valence-corrected chi connectivity index (χ4v) is 3.45. The number of carbonyl (C=O) groups excluding carboxylic acids is 3. The van der Waals surface area contributed by atoms with Crippen molar-refractivity contribution in [2.24, 2.45) is 11.8 Å². The van der Waals surface area contributed by atoms with Crippen molar-refractivity contribution in [2.45, 2.75) is 79.0 Å². The number of fused-ring (bicyclic) bond motifs is 1. The van der Waals surface area contributed by atoms with Crippen LogP contribution in [0.25, 0.3) is 11.2 Å². The molecule has 2 atom stereocenters. The Morgan fingerprint density at radius 2 is 1.92 bits per heavy atom. The summed E-state index contributed by atoms with van der Waals surface area (Å²) in [5.74, 6) is -1.50. The molecule has 0 aliphatic heterocycles. The van der Waals surface area contributed by atoms with Crippen LogP contribution in [0, 0.1) is 11.8 Å². The van der Waals surface area contributed by atoms with Gasteiger partial charge in [0.2, 0.25) is 5.95 Å². The van der Waals surface area contributed by atoms with Crippen LogP contribution < -0.4 is 16.6 Å². The second kappa shape index (κ2) is 13.1. The van der Waals surface area contributed by atoms with Gasteiger partial charge in [0.15, 0.2) is 11.2 Å². The van der Waals surface area contributed by atoms with Crippen molar-refractivity contribution in [3.8, 4) is 0 Å². The number of amides is 1. The largest absolute Gasteiger partial charge is 0.465 e. The van der Waals surface area contributed by atoms with E-state index in [2.05, 4.69) is 20.3 Å². The van der Waals surface area contributed by atoms with Crippen LogP contribution in [0.15, 0.2) is 11.1 Å². The van der Waals surface area contributed by atoms with E-state index in [1.54, 1.807) is 39.2 Å². The van der Waals surface area contributed by atoms with Crippen molar-refractivity contribution < 1.29 is 28.6 Å². The molecule has 0 aliphatic carbocycles. The van der Waals surface area contributed by atoms with E-state index in [-0.39, 0.29) is 55.4 Å². The molecule has 0 saturated heterocycles. The molecule has 4 N–H and O–H groups in total. The Kier molecular flexibility index (Phi) is 10.4. The second-order valence-corrected chi connectivity index (χ2v) is 10.1. The highest BCUT2D eigenvalue weighted by Gasteiger charge is 2.28. The topological polar surface area (TPSA) is 181 Å². The number of nitrogens with two attached hydrogens (primary N) is 1. The molecule has 1 unspecified atom stereocenters. The molecule has 0 aliphatic rings. The Hall–Kier alpha value is -3.64. The maximum atomic E-state index is 12.7. The van der Waals surface area contributed by atoms with Crippen LogP contribution in [0.2, 0.25) is 0 Å². The highest BCUT2D eigenvalue weighted by Crippen LogP contribution is 2.15. The van der Waals surface area contributed by atoms with E-state index in [0.717, 1.165) is 0 Å². The molecule has 0 radical (unpaired) electrons. The van der Waals surface area contributed by atoms with Crippen LogP contribution >= 0.6 is 0 Å². The maximum Gasteiger partial charge on any atom is 0.408 e. The van der Waals surface area contributed by atoms with Gasteiger partial charge in [-0.3, -0.25) is 14.6 Å². The second-order valence-electron chi connectivity index (χ2n) is 10.1. The summed E-state index contributed by atoms with van der Waals surface area (Å²) in [4.78, 5) is 59.6. The average Bonchev–Trinajstić information content (AvgIpc) is 3.17. The molecule has 0 saturated carbocycles. The number of aromatic nitrogens is 4. The third-order valence-corrected chi connectivity index (χ3v) is 5.25. The van der Waals surface area contributed by atoms with E-state index in [4.69, 9.17) is 19.9 Å². The fraction of sp³-hybridized carbons (Fsp3) is 0.667. The van der Waals surface area contributed by atoms with Gasteiger partial charge in [0.1, 0.15) is 11.6 Å². The Bertz CT molecular complexity index is 1130. The molecule has 1 amide bonds. The van der Waals surface area contributed by atoms with Gasteiger partial charge in [0.05, 0.1) is 19.5 Å². The summed E-state index contributed by atoms with van der Waals surface area (Å²) in [5, 5.41) is 2.56. The molecule has 13 heteroatoms. The summed E-state index contributed by atoms with van der Waals surface area (Å²) >= 11 is 0. The SMILES string of the molecule is CCCC(=O)OCC(CCOC(=O)[C@@H](NC(=O)OC(C)(C)C)C(C)C)Cn1cnc2c(=O)[nH]c(N)nc21. The number of aromatic amines is 1. The van der Waals surface area contributed by atoms with Crippen molar-refractivity contribution in [3.63, 3.8) is 0 Å². The van der Waals surface area contributed by atoms with E-state index in [9.17, 15) is 19.2 Å². The highest BCUT2D eigenvalue weighted by atomic mass is 16.6. The smallest absolute Gasteiger partial charge is 0.408 e. The number of esters is 2. The minimum Gasteiger partial charge on any atom is -0.465 e. The van der Waals surface area contributed by atoms with Crippen LogP contribution in [0.1, 0.15) is 60.8 Å². The predicted octanol–water partition coefficient (Wildman–Crippen LogP) is 2.14. The van der Waals surface area contributed by atoms with Crippen LogP contribution in [0.3, 0.4) is 0 Å². The van der Waals surface area contributed by atoms with Gasteiger partial charge < -0.3 is 29.8 Å². The number of anilines is 1. The standard InChI is InChI=1S/C24H38N6O7/c1-7-8-16(31)36-12-15(11-30-13-26-18-19(30)28-22(25)29-20(18)32)9-10-35-21(33)17(14(2)3)27-23(34)37-24(4,5)6/h13-15,17H,7-12H2,1-6H3,(H,27,34)(H3,25,28,29,32)/t15?,17-/m0/s1. The molecule has 37 heavy (non-hydrogen) atoms. The summed E-state index contributed by atoms with van der Waals surface area (Å²) in [7, 11) is 0. The minimum atomic E-state index is -0.896. The average molecular weight is 523 g/mol. The summed E-state index contributed by atoms with van der Waals surface area (Å²) < 4.78 is 17.7. The van der Waals surface area contributed by atoms with Gasteiger partial charge in [-0.15, -0.1) is 0 Å². The van der Waals surface area contributed by atoms with E-state index in [0.29, 0.717) is 18.5 Å². The van der Waals surface area contributed by atoms with E-state index in [1.807, 2.05) is 6.92 Å². The number of H-pyrrole nitrogens is 1. The van der Waals surface area contributed by atoms with Gasteiger partial charge in [-0.05, 0) is 39.5 Å². The Morgan fingerprint density at radius 1 is 1.22 bits per heavy atom. The first kappa shape index (κ1) is 29.6. The number of nitrogens with zero attached hydrogens (tertiary/aromatic N) is 3. The predicted molar refractivity (Wildman–Crippen MR) is 135 cm³/mol. The molecule has 2 aromatic heterocycles. The van der Waals surface area contributed by atoms with Crippen molar-refractivity contribution in [1.29, 1.82) is 0 Å². The molecular weight excluding hydrogens is 484 g/mol. The van der Waals surface area contributed by atoms with Crippen LogP contribution in [-0.2, 0) is 30.3 Å². The lowest BCUT2D eigenvalue weighted by Gasteiger charge is -2.25. The molecule has 0 aromatic carbocycles. The molecule has 2 aromatic rings. The summed E-state index contributed by atoms with van der Waals surface area (Å²) in [5.41, 5.74) is 4.94. The lowest BCUT2D eigenvalue weighted by molar-refractivity contribution is -0.149. The maximum absolute atomic E-state index is 12.7. The number of nitrogens with one attached hydrogen (secondary N) is 2. The van der Waals surface area contributed by atoms with Gasteiger partial charge in [0.25, 0.3) is 5.56 Å². The zero-order valence-corrected chi connectivity index (χ0v) is 22.3. The Labute approximate surface area is 215 Å². The summed E-state index contributed by atoms with van der Waals surface area (Å²) in [6.07, 6.45) is 2.02. The normalized spacial score (nSPS) is 13.3. The lowest BCUT2D eigenvalue weighted by Crippen LogP contribution is -2.47. The van der Waals surface area contributed by atoms with Gasteiger partial charge in [-0.2, -0.15) is 4.98 Å². The van der Waals surface area contributed by atoms with Crippen molar-refractivity contribution in [3.05, 3.63) is 16.7 Å². The number of hydrogen-bond donors (Lipinski definition) is 3. The lowest BCUT2D eigenvalue weighted by atomic mass is 10.0.